The van der Waals surface area contributed by atoms with Gasteiger partial charge >= 0.3 is 6.09 Å². The van der Waals surface area contributed by atoms with Gasteiger partial charge in [0.25, 0.3) is 0 Å². The van der Waals surface area contributed by atoms with Crippen molar-refractivity contribution >= 4 is 40.7 Å². The highest BCUT2D eigenvalue weighted by atomic mass is 35.5. The number of carbonyl (C=O) groups excluding carboxylic acids is 1. The average molecular weight is 537 g/mol. The van der Waals surface area contributed by atoms with Crippen molar-refractivity contribution in [3.63, 3.8) is 0 Å². The smallest absolute Gasteiger partial charge is 0.420 e. The number of aryl methyl sites for hydroxylation is 1. The molecule has 0 radical (unpaired) electrons. The molecule has 1 aliphatic rings. The van der Waals surface area contributed by atoms with Crippen LogP contribution < -0.4 is 4.90 Å². The topological polar surface area (TPSA) is 78.1 Å². The van der Waals surface area contributed by atoms with Gasteiger partial charge < -0.3 is 4.74 Å². The number of hydrogen-bond donors (Lipinski definition) is 0. The summed E-state index contributed by atoms with van der Waals surface area (Å²) in [4.78, 5) is 19.7. The number of anilines is 1. The summed E-state index contributed by atoms with van der Waals surface area (Å²) >= 11 is 12.7. The number of allylic oxidation sites excluding steroid dienone is 2. The minimum Gasteiger partial charge on any atom is -0.443 e. The van der Waals surface area contributed by atoms with Gasteiger partial charge in [0.2, 0.25) is 0 Å². The van der Waals surface area contributed by atoms with Crippen LogP contribution in [0.25, 0.3) is 11.3 Å². The van der Waals surface area contributed by atoms with E-state index in [4.69, 9.17) is 27.9 Å². The molecule has 10 heteroatoms. The number of nitrogens with zero attached hydrogens (tertiary/aromatic N) is 6. The van der Waals surface area contributed by atoms with Crippen molar-refractivity contribution < 1.29 is 9.53 Å². The third kappa shape index (κ3) is 4.63. The minimum absolute atomic E-state index is 0.416. The van der Waals surface area contributed by atoms with E-state index in [1.165, 1.54) is 11.2 Å². The van der Waals surface area contributed by atoms with E-state index in [1.807, 2.05) is 71.0 Å². The maximum Gasteiger partial charge on any atom is 0.420 e. The normalized spacial score (nSPS) is 15.6. The molecular formula is C27H26Cl2N6O2. The molecule has 5 rings (SSSR count). The van der Waals surface area contributed by atoms with Crippen molar-refractivity contribution in [2.75, 3.05) is 4.90 Å². The van der Waals surface area contributed by atoms with Crippen molar-refractivity contribution in [3.8, 4) is 5.69 Å². The summed E-state index contributed by atoms with van der Waals surface area (Å²) in [7, 11) is 0. The second kappa shape index (κ2) is 9.36. The van der Waals surface area contributed by atoms with Crippen LogP contribution in [0.5, 0.6) is 0 Å². The number of amides is 1. The van der Waals surface area contributed by atoms with E-state index in [-0.39, 0.29) is 0 Å². The Labute approximate surface area is 225 Å². The molecule has 190 valence electrons. The number of ether oxygens (including phenoxy) is 1. The highest BCUT2D eigenvalue weighted by Crippen LogP contribution is 2.45. The van der Waals surface area contributed by atoms with Crippen molar-refractivity contribution in [2.24, 2.45) is 0 Å². The lowest BCUT2D eigenvalue weighted by atomic mass is 9.94. The van der Waals surface area contributed by atoms with E-state index in [2.05, 4.69) is 15.2 Å². The highest BCUT2D eigenvalue weighted by Gasteiger charge is 2.39. The minimum atomic E-state index is -0.690. The number of carbonyl (C=O) groups is 1. The molecule has 1 amide bonds. The molecule has 37 heavy (non-hydrogen) atoms. The number of hydrogen-bond acceptors (Lipinski definition) is 5. The average Bonchev–Trinajstić information content (AvgIpc) is 3.49. The molecule has 0 saturated heterocycles. The van der Waals surface area contributed by atoms with Gasteiger partial charge in [-0.3, -0.25) is 0 Å². The van der Waals surface area contributed by atoms with Gasteiger partial charge in [-0.05, 0) is 64.4 Å². The van der Waals surface area contributed by atoms with Crippen LogP contribution in [0.4, 0.5) is 10.6 Å². The van der Waals surface area contributed by atoms with Gasteiger partial charge in [0.05, 0.1) is 21.9 Å². The Morgan fingerprint density at radius 3 is 2.38 bits per heavy atom. The molecule has 2 aromatic heterocycles. The van der Waals surface area contributed by atoms with E-state index >= 15 is 0 Å². The van der Waals surface area contributed by atoms with Crippen LogP contribution in [0.15, 0.2) is 66.8 Å². The van der Waals surface area contributed by atoms with E-state index in [0.717, 1.165) is 22.4 Å². The maximum absolute atomic E-state index is 13.5. The van der Waals surface area contributed by atoms with Gasteiger partial charge in [-0.2, -0.15) is 10.2 Å². The molecule has 2 aromatic carbocycles. The molecule has 0 unspecified atom stereocenters. The lowest BCUT2D eigenvalue weighted by molar-refractivity contribution is 0.0589. The van der Waals surface area contributed by atoms with E-state index in [0.29, 0.717) is 27.4 Å². The second-order valence-corrected chi connectivity index (χ2v) is 10.7. The first-order valence-electron chi connectivity index (χ1n) is 11.7. The summed E-state index contributed by atoms with van der Waals surface area (Å²) in [6.45, 7) is 9.39. The molecule has 8 nitrogen and oxygen atoms in total. The Bertz CT molecular complexity index is 1510. The quantitative estimate of drug-likeness (QED) is 0.286. The molecule has 3 heterocycles. The van der Waals surface area contributed by atoms with Gasteiger partial charge in [-0.1, -0.05) is 47.0 Å². The standard InChI is InChI=1S/C27H26Cl2N6O2/c1-16-6-9-19(10-7-16)34-25(30-15-32-34)23-17(2)33(26(36)37-27(3,4)5)22-12-13-31-35(22)24(23)18-8-11-20(28)21(29)14-18/h6-15,24H,1-5H3/t24-/m1/s1. The Hall–Kier alpha value is -3.62. The van der Waals surface area contributed by atoms with Crippen molar-refractivity contribution in [3.05, 3.63) is 93.7 Å². The highest BCUT2D eigenvalue weighted by molar-refractivity contribution is 6.42. The maximum atomic E-state index is 13.5. The number of fused-ring (bicyclic) bond motifs is 1. The fourth-order valence-corrected chi connectivity index (χ4v) is 4.71. The van der Waals surface area contributed by atoms with Crippen LogP contribution >= 0.6 is 23.2 Å². The summed E-state index contributed by atoms with van der Waals surface area (Å²) in [5.74, 6) is 1.13. The number of aromatic nitrogens is 5. The first-order valence-corrected chi connectivity index (χ1v) is 12.5. The Morgan fingerprint density at radius 1 is 0.973 bits per heavy atom. The van der Waals surface area contributed by atoms with Crippen LogP contribution in [0.3, 0.4) is 0 Å². The largest absolute Gasteiger partial charge is 0.443 e. The van der Waals surface area contributed by atoms with Crippen molar-refractivity contribution in [1.29, 1.82) is 0 Å². The molecule has 0 aliphatic carbocycles. The molecule has 0 N–H and O–H groups in total. The Morgan fingerprint density at radius 2 is 1.70 bits per heavy atom. The molecule has 0 saturated carbocycles. The predicted octanol–water partition coefficient (Wildman–Crippen LogP) is 6.85. The zero-order valence-electron chi connectivity index (χ0n) is 21.1. The SMILES string of the molecule is CC1=C(c2ncnn2-c2ccc(C)cc2)[C@@H](c2ccc(Cl)c(Cl)c2)n2nccc2N1C(=O)OC(C)(C)C. The van der Waals surface area contributed by atoms with E-state index in [9.17, 15) is 4.79 Å². The molecule has 4 aromatic rings. The fourth-order valence-electron chi connectivity index (χ4n) is 4.41. The molecule has 0 spiro atoms. The third-order valence-corrected chi connectivity index (χ3v) is 6.76. The fraction of sp³-hybridized carbons (Fsp3) is 0.259. The molecular weight excluding hydrogens is 511 g/mol. The molecule has 1 aliphatic heterocycles. The van der Waals surface area contributed by atoms with Crippen molar-refractivity contribution in [2.45, 2.75) is 46.3 Å². The summed E-state index contributed by atoms with van der Waals surface area (Å²) in [6, 6.07) is 14.7. The van der Waals surface area contributed by atoms with Gasteiger partial charge in [0.1, 0.15) is 23.8 Å². The van der Waals surface area contributed by atoms with Crippen LogP contribution in [0, 0.1) is 6.92 Å². The van der Waals surface area contributed by atoms with E-state index < -0.39 is 17.7 Å². The Kier molecular flexibility index (Phi) is 6.33. The predicted molar refractivity (Wildman–Crippen MR) is 144 cm³/mol. The van der Waals surface area contributed by atoms with Crippen molar-refractivity contribution in [1.82, 2.24) is 24.5 Å². The van der Waals surface area contributed by atoms with Gasteiger partial charge in [-0.25, -0.2) is 24.0 Å². The summed E-state index contributed by atoms with van der Waals surface area (Å²) in [5.41, 5.74) is 3.46. The van der Waals surface area contributed by atoms with Gasteiger partial charge in [-0.15, -0.1) is 0 Å². The van der Waals surface area contributed by atoms with Crippen LogP contribution in [0.1, 0.15) is 50.7 Å². The molecule has 0 bridgehead atoms. The number of benzene rings is 2. The Balaban J connectivity index is 1.76. The van der Waals surface area contributed by atoms with Gasteiger partial charge in [0.15, 0.2) is 5.82 Å². The van der Waals surface area contributed by atoms with Crippen LogP contribution in [0.2, 0.25) is 10.0 Å². The zero-order chi connectivity index (χ0) is 26.5. The van der Waals surface area contributed by atoms with Crippen LogP contribution in [-0.2, 0) is 4.74 Å². The summed E-state index contributed by atoms with van der Waals surface area (Å²) < 4.78 is 9.29. The third-order valence-electron chi connectivity index (χ3n) is 6.02. The van der Waals surface area contributed by atoms with Crippen LogP contribution in [-0.4, -0.2) is 36.2 Å². The summed E-state index contributed by atoms with van der Waals surface area (Å²) in [6.07, 6.45) is 2.63. The first-order chi connectivity index (χ1) is 17.5. The first kappa shape index (κ1) is 25.0. The van der Waals surface area contributed by atoms with Gasteiger partial charge in [0, 0.05) is 17.3 Å². The monoisotopic (exact) mass is 536 g/mol. The number of halogens is 2. The lowest BCUT2D eigenvalue weighted by Gasteiger charge is -2.36. The zero-order valence-corrected chi connectivity index (χ0v) is 22.6. The van der Waals surface area contributed by atoms with E-state index in [1.54, 1.807) is 27.7 Å². The molecule has 0 fully saturated rings. The molecule has 1 atom stereocenters. The number of rotatable bonds is 3. The lowest BCUT2D eigenvalue weighted by Crippen LogP contribution is -2.41. The summed E-state index contributed by atoms with van der Waals surface area (Å²) in [5, 5.41) is 9.99. The second-order valence-electron chi connectivity index (χ2n) is 9.86.